The molecule has 7 rings (SSSR count). The van der Waals surface area contributed by atoms with Crippen molar-refractivity contribution in [2.24, 2.45) is 13.0 Å². The summed E-state index contributed by atoms with van der Waals surface area (Å²) < 4.78 is 25.3. The van der Waals surface area contributed by atoms with Gasteiger partial charge in [0, 0.05) is 47.2 Å². The van der Waals surface area contributed by atoms with Crippen LogP contribution in [-0.2, 0) is 33.5 Å². The van der Waals surface area contributed by atoms with Gasteiger partial charge in [-0.15, -0.1) is 54.1 Å². The standard InChI is InChI=1S/C21H16N3O.C18H24NSi.Ir/c1-12-11-17-19(13(2)22-12)23-21(24(17)3)16-9-6-8-15-14-7-4-5-10-18(14)25-20(15)16;1-14(2)11-16-12-17(15-9-7-6-8-10-15)19-13-18(16)20(3,4)5;/h4-8,10-11H,1-3H3;6-9,12-14H,11H2,1-5H3;/q2*-1;/i;11D2;. The predicted molar refractivity (Wildman–Crippen MR) is 190 cm³/mol. The zero-order chi connectivity index (χ0) is 33.7. The van der Waals surface area contributed by atoms with Crippen LogP contribution >= 0.6 is 0 Å². The molecular weight excluding hydrogens is 761 g/mol. The molecule has 7 heteroatoms. The summed E-state index contributed by atoms with van der Waals surface area (Å²) in [6.45, 7) is 14.6. The molecule has 0 aliphatic heterocycles. The maximum atomic E-state index is 8.55. The molecule has 7 aromatic rings. The zero-order valence-electron chi connectivity index (χ0n) is 29.6. The van der Waals surface area contributed by atoms with E-state index in [2.05, 4.69) is 58.4 Å². The SMILES string of the molecule is Cc1cc2c(nc(-c3[c-]ccc4c3oc3ccccc34)n2C)c(C)n1.[2H]C([2H])(c1cc(-c2[c-]cccc2)ncc1[Si](C)(C)C)C(C)C.[Ir]. The first-order valence-corrected chi connectivity index (χ1v) is 18.9. The molecule has 46 heavy (non-hydrogen) atoms. The van der Waals surface area contributed by atoms with Crippen molar-refractivity contribution in [1.82, 2.24) is 19.5 Å². The fourth-order valence-corrected chi connectivity index (χ4v) is 7.16. The summed E-state index contributed by atoms with van der Waals surface area (Å²) in [6.07, 6.45) is 0.528. The van der Waals surface area contributed by atoms with Crippen molar-refractivity contribution in [3.8, 4) is 22.6 Å². The normalized spacial score (nSPS) is 12.5. The first-order valence-electron chi connectivity index (χ1n) is 16.4. The summed E-state index contributed by atoms with van der Waals surface area (Å²) in [5.41, 5.74) is 9.00. The molecule has 0 unspecified atom stereocenters. The van der Waals surface area contributed by atoms with Crippen LogP contribution in [0.15, 0.2) is 83.4 Å². The molecule has 0 N–H and O–H groups in total. The van der Waals surface area contributed by atoms with Gasteiger partial charge in [-0.05, 0) is 49.2 Å². The monoisotopic (exact) mass is 803 g/mol. The number of aromatic nitrogens is 4. The predicted octanol–water partition coefficient (Wildman–Crippen LogP) is 9.24. The summed E-state index contributed by atoms with van der Waals surface area (Å²) in [5, 5.41) is 3.30. The number of hydrogen-bond acceptors (Lipinski definition) is 4. The molecule has 0 spiro atoms. The average Bonchev–Trinajstić information content (AvgIpc) is 3.59. The Morgan fingerprint density at radius 1 is 0.935 bits per heavy atom. The molecule has 0 aliphatic rings. The molecule has 0 saturated carbocycles. The smallest absolute Gasteiger partial charge is 0.120 e. The Labute approximate surface area is 289 Å². The molecule has 3 aromatic carbocycles. The molecular formula is C39H40IrN4OSi-2. The van der Waals surface area contributed by atoms with E-state index in [1.807, 2.05) is 102 Å². The van der Waals surface area contributed by atoms with Crippen LogP contribution in [-0.4, -0.2) is 27.6 Å². The molecule has 5 nitrogen and oxygen atoms in total. The number of nitrogens with zero attached hydrogens (tertiary/aromatic N) is 4. The van der Waals surface area contributed by atoms with Gasteiger partial charge in [-0.25, -0.2) is 0 Å². The van der Waals surface area contributed by atoms with E-state index in [1.165, 1.54) is 0 Å². The van der Waals surface area contributed by atoms with E-state index in [9.17, 15) is 0 Å². The van der Waals surface area contributed by atoms with Gasteiger partial charge in [0.05, 0.1) is 36.2 Å². The van der Waals surface area contributed by atoms with Crippen molar-refractivity contribution < 1.29 is 27.3 Å². The van der Waals surface area contributed by atoms with Crippen LogP contribution in [0.2, 0.25) is 19.6 Å². The van der Waals surface area contributed by atoms with E-state index in [1.54, 1.807) is 0 Å². The summed E-state index contributed by atoms with van der Waals surface area (Å²) in [5.74, 6) is 0.757. The minimum absolute atomic E-state index is 0. The van der Waals surface area contributed by atoms with Gasteiger partial charge in [0.25, 0.3) is 0 Å². The van der Waals surface area contributed by atoms with Crippen molar-refractivity contribution in [2.75, 3.05) is 0 Å². The van der Waals surface area contributed by atoms with Crippen LogP contribution in [0.5, 0.6) is 0 Å². The summed E-state index contributed by atoms with van der Waals surface area (Å²) in [7, 11) is 0.357. The van der Waals surface area contributed by atoms with E-state index >= 15 is 0 Å². The topological polar surface area (TPSA) is 56.7 Å². The Morgan fingerprint density at radius 2 is 1.70 bits per heavy atom. The fourth-order valence-electron chi connectivity index (χ4n) is 5.75. The van der Waals surface area contributed by atoms with Crippen LogP contribution in [0.1, 0.15) is 33.5 Å². The van der Waals surface area contributed by atoms with Crippen LogP contribution in [0.4, 0.5) is 0 Å². The third kappa shape index (κ3) is 6.64. The van der Waals surface area contributed by atoms with Gasteiger partial charge in [-0.3, -0.25) is 9.97 Å². The van der Waals surface area contributed by atoms with Crippen LogP contribution in [0, 0.1) is 31.9 Å². The average molecular weight is 803 g/mol. The van der Waals surface area contributed by atoms with Crippen molar-refractivity contribution in [3.63, 3.8) is 0 Å². The first kappa shape index (κ1) is 30.7. The van der Waals surface area contributed by atoms with Crippen molar-refractivity contribution in [3.05, 3.63) is 108 Å². The van der Waals surface area contributed by atoms with E-state index < -0.39 is 14.4 Å². The molecule has 0 amide bonds. The Kier molecular flexibility index (Phi) is 8.98. The number of aryl methyl sites for hydroxylation is 3. The molecule has 0 aliphatic carbocycles. The molecule has 1 radical (unpaired) electrons. The number of fused-ring (bicyclic) bond motifs is 4. The minimum atomic E-state index is -1.67. The van der Waals surface area contributed by atoms with Gasteiger partial charge in [0.15, 0.2) is 0 Å². The second-order valence-corrected chi connectivity index (χ2v) is 17.9. The minimum Gasteiger partial charge on any atom is -0.501 e. The van der Waals surface area contributed by atoms with E-state index in [0.717, 1.165) is 77.8 Å². The molecule has 0 atom stereocenters. The quantitative estimate of drug-likeness (QED) is 0.129. The van der Waals surface area contributed by atoms with Gasteiger partial charge in [-0.2, -0.15) is 0 Å². The number of furan rings is 1. The Balaban J connectivity index is 0.000000186. The van der Waals surface area contributed by atoms with Crippen molar-refractivity contribution in [2.45, 2.75) is 53.7 Å². The van der Waals surface area contributed by atoms with E-state index in [0.29, 0.717) is 0 Å². The number of para-hydroxylation sites is 1. The van der Waals surface area contributed by atoms with E-state index in [-0.39, 0.29) is 26.0 Å². The van der Waals surface area contributed by atoms with Gasteiger partial charge in [0.2, 0.25) is 0 Å². The number of rotatable bonds is 5. The largest absolute Gasteiger partial charge is 0.501 e. The van der Waals surface area contributed by atoms with Gasteiger partial charge in [-0.1, -0.05) is 74.3 Å². The number of benzene rings is 3. The van der Waals surface area contributed by atoms with Crippen LogP contribution in [0.25, 0.3) is 55.6 Å². The maximum Gasteiger partial charge on any atom is 0.120 e. The Morgan fingerprint density at radius 3 is 2.41 bits per heavy atom. The molecule has 4 heterocycles. The van der Waals surface area contributed by atoms with Crippen LogP contribution < -0.4 is 5.19 Å². The molecule has 0 bridgehead atoms. The summed E-state index contributed by atoms with van der Waals surface area (Å²) >= 11 is 0. The Hall–Kier alpha value is -3.90. The Bertz CT molecular complexity index is 2240. The molecule has 0 saturated heterocycles. The van der Waals surface area contributed by atoms with Crippen LogP contribution in [0.3, 0.4) is 0 Å². The van der Waals surface area contributed by atoms with Crippen molar-refractivity contribution in [1.29, 1.82) is 0 Å². The third-order valence-electron chi connectivity index (χ3n) is 7.88. The van der Waals surface area contributed by atoms with Gasteiger partial charge < -0.3 is 14.0 Å². The van der Waals surface area contributed by atoms with Gasteiger partial charge in [0.1, 0.15) is 5.58 Å². The number of hydrogen-bond donors (Lipinski definition) is 0. The number of pyridine rings is 2. The second-order valence-electron chi connectivity index (χ2n) is 12.8. The van der Waals surface area contributed by atoms with E-state index in [4.69, 9.17) is 12.1 Å². The second kappa shape index (κ2) is 13.4. The fraction of sp³-hybridized carbons (Fsp3) is 0.256. The maximum absolute atomic E-state index is 8.55. The first-order chi connectivity index (χ1) is 22.3. The van der Waals surface area contributed by atoms with Gasteiger partial charge >= 0.3 is 0 Å². The van der Waals surface area contributed by atoms with Crippen molar-refractivity contribution >= 4 is 46.2 Å². The zero-order valence-corrected chi connectivity index (χ0v) is 31.0. The molecule has 237 valence electrons. The third-order valence-corrected chi connectivity index (χ3v) is 9.89. The summed E-state index contributed by atoms with van der Waals surface area (Å²) in [6, 6.07) is 30.3. The molecule has 4 aromatic heterocycles. The summed E-state index contributed by atoms with van der Waals surface area (Å²) in [4.78, 5) is 14.0. The molecule has 0 fully saturated rings. The number of imidazole rings is 1.